The third kappa shape index (κ3) is 3.12. The minimum absolute atomic E-state index is 0. The highest BCUT2D eigenvalue weighted by molar-refractivity contribution is 7.07. The third-order valence-electron chi connectivity index (χ3n) is 1.27. The quantitative estimate of drug-likeness (QED) is 0.541. The van der Waals surface area contributed by atoms with E-state index in [0.717, 1.165) is 5.69 Å². The number of hydrogen-bond acceptors (Lipinski definition) is 2. The number of rotatable bonds is 2. The molecule has 62 valence electrons. The van der Waals surface area contributed by atoms with Crippen LogP contribution in [-0.4, -0.2) is 5.78 Å². The molecule has 0 unspecified atom stereocenters. The van der Waals surface area contributed by atoms with E-state index in [0.29, 0.717) is 6.54 Å². The van der Waals surface area contributed by atoms with E-state index in [1.165, 1.54) is 0 Å². The van der Waals surface area contributed by atoms with E-state index < -0.39 is 0 Å². The van der Waals surface area contributed by atoms with Crippen molar-refractivity contribution in [1.82, 2.24) is 0 Å². The number of aromatic nitrogens is 1. The topological polar surface area (TPSA) is 20.9 Å². The zero-order valence-corrected chi connectivity index (χ0v) is 8.91. The molecule has 0 aliphatic rings. The summed E-state index contributed by atoms with van der Waals surface area (Å²) in [5.41, 5.74) is 3.11. The zero-order valence-electron chi connectivity index (χ0n) is 6.50. The van der Waals surface area contributed by atoms with Gasteiger partial charge >= 0.3 is 0 Å². The summed E-state index contributed by atoms with van der Waals surface area (Å²) in [4.78, 5) is 10.6. The Labute approximate surface area is 80.6 Å². The van der Waals surface area contributed by atoms with E-state index in [1.807, 2.05) is 22.4 Å². The summed E-state index contributed by atoms with van der Waals surface area (Å²) in [5, 5.41) is 2.03. The van der Waals surface area contributed by atoms with Crippen LogP contribution in [0.15, 0.2) is 10.9 Å². The van der Waals surface area contributed by atoms with Crippen LogP contribution in [0.3, 0.4) is 0 Å². The number of thiazole rings is 1. The van der Waals surface area contributed by atoms with Crippen molar-refractivity contribution >= 4 is 17.1 Å². The molecule has 0 spiro atoms. The summed E-state index contributed by atoms with van der Waals surface area (Å²) in [6.07, 6.45) is 0. The minimum atomic E-state index is 0. The largest absolute Gasteiger partial charge is 1.00 e. The maximum atomic E-state index is 10.6. The molecule has 0 saturated carbocycles. The van der Waals surface area contributed by atoms with Gasteiger partial charge in [0.2, 0.25) is 12.1 Å². The predicted molar refractivity (Wildman–Crippen MR) is 39.9 cm³/mol. The standard InChI is InChI=1S/C7H10NOS.BrH/c1-6-4-10-5-8(6)3-7(2)9;/h4-5H,3H2,1-2H3;1H/q+1;/p-1. The molecular formula is C7H10BrNOS. The number of carbonyl (C=O) groups is 1. The van der Waals surface area contributed by atoms with Crippen molar-refractivity contribution in [2.75, 3.05) is 0 Å². The molecule has 1 heterocycles. The van der Waals surface area contributed by atoms with Gasteiger partial charge in [-0.15, -0.1) is 0 Å². The first-order valence-electron chi connectivity index (χ1n) is 3.12. The number of ketones is 1. The summed E-state index contributed by atoms with van der Waals surface area (Å²) in [6.45, 7) is 4.11. The number of halogens is 1. The average molecular weight is 236 g/mol. The lowest BCUT2D eigenvalue weighted by atomic mass is 10.4. The highest BCUT2D eigenvalue weighted by atomic mass is 79.9. The van der Waals surface area contributed by atoms with Gasteiger partial charge in [0, 0.05) is 13.8 Å². The molecule has 4 heteroatoms. The minimum Gasteiger partial charge on any atom is -1.00 e. The van der Waals surface area contributed by atoms with Crippen molar-refractivity contribution in [3.8, 4) is 0 Å². The van der Waals surface area contributed by atoms with Crippen LogP contribution in [0.2, 0.25) is 0 Å². The molecule has 1 aromatic rings. The fourth-order valence-corrected chi connectivity index (χ4v) is 1.54. The Morgan fingerprint density at radius 1 is 1.73 bits per heavy atom. The summed E-state index contributed by atoms with van der Waals surface area (Å²) in [7, 11) is 0. The molecule has 0 N–H and O–H groups in total. The number of nitrogens with zero attached hydrogens (tertiary/aromatic N) is 1. The van der Waals surface area contributed by atoms with Crippen molar-refractivity contribution in [1.29, 1.82) is 0 Å². The Morgan fingerprint density at radius 3 is 2.73 bits per heavy atom. The Morgan fingerprint density at radius 2 is 2.36 bits per heavy atom. The van der Waals surface area contributed by atoms with Gasteiger partial charge in [0.25, 0.3) is 0 Å². The molecule has 0 bridgehead atoms. The van der Waals surface area contributed by atoms with Gasteiger partial charge in [-0.3, -0.25) is 4.79 Å². The van der Waals surface area contributed by atoms with Crippen LogP contribution in [0.4, 0.5) is 0 Å². The fraction of sp³-hybridized carbons (Fsp3) is 0.429. The van der Waals surface area contributed by atoms with Crippen molar-refractivity contribution in [3.63, 3.8) is 0 Å². The summed E-state index contributed by atoms with van der Waals surface area (Å²) >= 11 is 1.62. The van der Waals surface area contributed by atoms with E-state index in [2.05, 4.69) is 0 Å². The van der Waals surface area contributed by atoms with Gasteiger partial charge in [-0.1, -0.05) is 11.3 Å². The van der Waals surface area contributed by atoms with Crippen molar-refractivity contribution in [2.24, 2.45) is 0 Å². The maximum absolute atomic E-state index is 10.6. The van der Waals surface area contributed by atoms with Gasteiger partial charge in [-0.05, 0) is 0 Å². The van der Waals surface area contributed by atoms with Gasteiger partial charge < -0.3 is 17.0 Å². The van der Waals surface area contributed by atoms with Gasteiger partial charge in [-0.2, -0.15) is 4.57 Å². The lowest BCUT2D eigenvalue weighted by molar-refractivity contribution is -0.685. The second-order valence-corrected chi connectivity index (χ2v) is 3.05. The number of hydrogen-bond donors (Lipinski definition) is 0. The fourth-order valence-electron chi connectivity index (χ4n) is 0.755. The number of Topliss-reactive ketones (excluding diaryl/α,β-unsaturated/α-hetero) is 1. The Kier molecular flexibility index (Phi) is 4.52. The normalized spacial score (nSPS) is 8.91. The van der Waals surface area contributed by atoms with Crippen LogP contribution in [0.5, 0.6) is 0 Å². The first-order valence-corrected chi connectivity index (χ1v) is 4.06. The first kappa shape index (κ1) is 10.8. The third-order valence-corrected chi connectivity index (χ3v) is 2.13. The summed E-state index contributed by atoms with van der Waals surface area (Å²) < 4.78 is 1.95. The maximum Gasteiger partial charge on any atom is 0.225 e. The molecular weight excluding hydrogens is 226 g/mol. The van der Waals surface area contributed by atoms with Gasteiger partial charge in [0.15, 0.2) is 11.5 Å². The Hall–Kier alpha value is -0.220. The van der Waals surface area contributed by atoms with Crippen LogP contribution in [-0.2, 0) is 11.3 Å². The Balaban J connectivity index is 0.000001000. The molecule has 1 rings (SSSR count). The predicted octanol–water partition coefficient (Wildman–Crippen LogP) is -2.06. The molecule has 1 aromatic heterocycles. The molecule has 0 aliphatic heterocycles. The first-order chi connectivity index (χ1) is 4.70. The average Bonchev–Trinajstić information content (AvgIpc) is 2.15. The van der Waals surface area contributed by atoms with E-state index in [1.54, 1.807) is 18.3 Å². The highest BCUT2D eigenvalue weighted by Crippen LogP contribution is 1.95. The van der Waals surface area contributed by atoms with E-state index >= 15 is 0 Å². The van der Waals surface area contributed by atoms with E-state index in [4.69, 9.17) is 0 Å². The van der Waals surface area contributed by atoms with Crippen LogP contribution in [0.1, 0.15) is 12.6 Å². The molecule has 0 radical (unpaired) electrons. The second-order valence-electron chi connectivity index (χ2n) is 2.33. The summed E-state index contributed by atoms with van der Waals surface area (Å²) in [5.74, 6) is 0.200. The second kappa shape index (κ2) is 4.62. The highest BCUT2D eigenvalue weighted by Gasteiger charge is 2.08. The van der Waals surface area contributed by atoms with Crippen LogP contribution in [0, 0.1) is 6.92 Å². The molecule has 0 saturated heterocycles. The molecule has 0 aliphatic carbocycles. The SMILES string of the molecule is CC(=O)C[n+]1cscc1C.[Br-]. The van der Waals surface area contributed by atoms with Crippen LogP contribution in [0.25, 0.3) is 0 Å². The number of carbonyl (C=O) groups excluding carboxylic acids is 1. The molecule has 0 aromatic carbocycles. The molecule has 0 fully saturated rings. The molecule has 0 amide bonds. The van der Waals surface area contributed by atoms with Gasteiger partial charge in [0.1, 0.15) is 0 Å². The Bertz CT molecular complexity index is 246. The van der Waals surface area contributed by atoms with Crippen molar-refractivity contribution in [3.05, 3.63) is 16.6 Å². The molecule has 2 nitrogen and oxygen atoms in total. The van der Waals surface area contributed by atoms with Crippen molar-refractivity contribution < 1.29 is 26.3 Å². The van der Waals surface area contributed by atoms with Gasteiger partial charge in [0.05, 0.1) is 5.38 Å². The molecule has 0 atom stereocenters. The summed E-state index contributed by atoms with van der Waals surface area (Å²) in [6, 6.07) is 0. The monoisotopic (exact) mass is 235 g/mol. The number of aryl methyl sites for hydroxylation is 1. The lowest BCUT2D eigenvalue weighted by Gasteiger charge is -1.87. The van der Waals surface area contributed by atoms with Crippen LogP contribution >= 0.6 is 11.3 Å². The zero-order chi connectivity index (χ0) is 7.56. The lowest BCUT2D eigenvalue weighted by Crippen LogP contribution is -3.00. The van der Waals surface area contributed by atoms with E-state index in [9.17, 15) is 4.79 Å². The van der Waals surface area contributed by atoms with Crippen molar-refractivity contribution in [2.45, 2.75) is 20.4 Å². The molecule has 11 heavy (non-hydrogen) atoms. The van der Waals surface area contributed by atoms with Gasteiger partial charge in [-0.25, -0.2) is 0 Å². The van der Waals surface area contributed by atoms with Crippen LogP contribution < -0.4 is 21.5 Å². The smallest absolute Gasteiger partial charge is 0.225 e. The van der Waals surface area contributed by atoms with E-state index in [-0.39, 0.29) is 22.8 Å².